The number of hydrogen-bond donors (Lipinski definition) is 1. The van der Waals surface area contributed by atoms with Crippen molar-refractivity contribution in [2.45, 2.75) is 12.8 Å². The first-order valence-electron chi connectivity index (χ1n) is 8.14. The molecular formula is C16H20N6O. The van der Waals surface area contributed by atoms with Crippen LogP contribution in [0.25, 0.3) is 5.69 Å². The molecule has 0 aliphatic carbocycles. The molecule has 0 spiro atoms. The first kappa shape index (κ1) is 14.3. The number of hydrogen-bond acceptors (Lipinski definition) is 5. The number of nitrogens with zero attached hydrogens (tertiary/aromatic N) is 5. The normalized spacial score (nSPS) is 24.3. The Morgan fingerprint density at radius 2 is 1.96 bits per heavy atom. The first-order chi connectivity index (χ1) is 11.3. The Kier molecular flexibility index (Phi) is 3.78. The molecule has 0 bridgehead atoms. The standard InChI is InChI=1S/C16H20N6O/c23-16(21-6-4-13-9-17-10-14(13)5-7-21)12-2-1-3-15(8-12)22-11-18-19-20-22/h1-3,8,11,13-14,17H,4-7,9-10H2/t13-,14+. The zero-order valence-corrected chi connectivity index (χ0v) is 12.9. The molecule has 1 aromatic carbocycles. The molecule has 2 aliphatic rings. The number of amides is 1. The fourth-order valence-electron chi connectivity index (χ4n) is 3.66. The van der Waals surface area contributed by atoms with Crippen molar-refractivity contribution in [1.82, 2.24) is 30.4 Å². The van der Waals surface area contributed by atoms with Crippen molar-refractivity contribution in [3.05, 3.63) is 36.2 Å². The van der Waals surface area contributed by atoms with Crippen molar-refractivity contribution in [2.24, 2.45) is 11.8 Å². The molecule has 2 saturated heterocycles. The summed E-state index contributed by atoms with van der Waals surface area (Å²) in [6, 6.07) is 7.49. The molecule has 3 heterocycles. The SMILES string of the molecule is O=C(c1cccc(-n2cnnn2)c1)N1CC[C@@H]2CNC[C@@H]2CC1. The summed E-state index contributed by atoms with van der Waals surface area (Å²) in [7, 11) is 0. The Labute approximate surface area is 134 Å². The molecule has 0 saturated carbocycles. The van der Waals surface area contributed by atoms with E-state index in [1.54, 1.807) is 4.68 Å². The zero-order chi connectivity index (χ0) is 15.6. The molecule has 7 heteroatoms. The number of tetrazole rings is 1. The lowest BCUT2D eigenvalue weighted by molar-refractivity contribution is 0.0758. The Balaban J connectivity index is 1.51. The molecule has 23 heavy (non-hydrogen) atoms. The third-order valence-electron chi connectivity index (χ3n) is 5.01. The Morgan fingerprint density at radius 1 is 1.17 bits per heavy atom. The van der Waals surface area contributed by atoms with E-state index >= 15 is 0 Å². The van der Waals surface area contributed by atoms with E-state index in [2.05, 4.69) is 20.8 Å². The van der Waals surface area contributed by atoms with Crippen LogP contribution in [0.3, 0.4) is 0 Å². The molecule has 0 unspecified atom stereocenters. The molecular weight excluding hydrogens is 292 g/mol. The van der Waals surface area contributed by atoms with Crippen molar-refractivity contribution in [2.75, 3.05) is 26.2 Å². The Bertz CT molecular complexity index is 672. The van der Waals surface area contributed by atoms with Crippen molar-refractivity contribution < 1.29 is 4.79 Å². The number of carbonyl (C=O) groups is 1. The highest BCUT2D eigenvalue weighted by molar-refractivity contribution is 5.94. The summed E-state index contributed by atoms with van der Waals surface area (Å²) in [5.74, 6) is 1.55. The van der Waals surface area contributed by atoms with Gasteiger partial charge >= 0.3 is 0 Å². The Hall–Kier alpha value is -2.28. The molecule has 120 valence electrons. The number of aromatic nitrogens is 4. The van der Waals surface area contributed by atoms with Gasteiger partial charge in [-0.3, -0.25) is 4.79 Å². The van der Waals surface area contributed by atoms with Gasteiger partial charge in [-0.2, -0.15) is 0 Å². The number of carbonyl (C=O) groups excluding carboxylic acids is 1. The minimum absolute atomic E-state index is 0.104. The topological polar surface area (TPSA) is 75.9 Å². The van der Waals surface area contributed by atoms with Crippen molar-refractivity contribution >= 4 is 5.91 Å². The van der Waals surface area contributed by atoms with Crippen LogP contribution in [-0.4, -0.2) is 57.2 Å². The van der Waals surface area contributed by atoms with Gasteiger partial charge < -0.3 is 10.2 Å². The smallest absolute Gasteiger partial charge is 0.253 e. The molecule has 1 aromatic heterocycles. The summed E-state index contributed by atoms with van der Waals surface area (Å²) in [5, 5.41) is 14.6. The molecule has 1 N–H and O–H groups in total. The molecule has 2 aromatic rings. The molecule has 4 rings (SSSR count). The maximum atomic E-state index is 12.8. The van der Waals surface area contributed by atoms with Crippen molar-refractivity contribution in [3.63, 3.8) is 0 Å². The van der Waals surface area contributed by atoms with E-state index in [0.29, 0.717) is 5.56 Å². The summed E-state index contributed by atoms with van der Waals surface area (Å²) < 4.78 is 1.56. The fourth-order valence-corrected chi connectivity index (χ4v) is 3.66. The van der Waals surface area contributed by atoms with Crippen LogP contribution in [-0.2, 0) is 0 Å². The molecule has 2 atom stereocenters. The van der Waals surface area contributed by atoms with Gasteiger partial charge in [-0.05, 0) is 66.4 Å². The molecule has 7 nitrogen and oxygen atoms in total. The van der Waals surface area contributed by atoms with Crippen LogP contribution >= 0.6 is 0 Å². The molecule has 1 amide bonds. The van der Waals surface area contributed by atoms with Crippen molar-refractivity contribution in [3.8, 4) is 5.69 Å². The number of nitrogens with one attached hydrogen (secondary N) is 1. The van der Waals surface area contributed by atoms with Crippen LogP contribution in [0.2, 0.25) is 0 Å². The van der Waals surface area contributed by atoms with Gasteiger partial charge in [0.2, 0.25) is 0 Å². The summed E-state index contributed by atoms with van der Waals surface area (Å²) >= 11 is 0. The van der Waals surface area contributed by atoms with Gasteiger partial charge in [-0.15, -0.1) is 5.10 Å². The van der Waals surface area contributed by atoms with Crippen LogP contribution in [0.1, 0.15) is 23.2 Å². The number of rotatable bonds is 2. The van der Waals surface area contributed by atoms with E-state index in [0.717, 1.165) is 56.5 Å². The van der Waals surface area contributed by atoms with Crippen LogP contribution in [0.4, 0.5) is 0 Å². The van der Waals surface area contributed by atoms with Gasteiger partial charge in [0.15, 0.2) is 0 Å². The van der Waals surface area contributed by atoms with Gasteiger partial charge in [0, 0.05) is 18.7 Å². The zero-order valence-electron chi connectivity index (χ0n) is 12.9. The maximum absolute atomic E-state index is 12.8. The van der Waals surface area contributed by atoms with Gasteiger partial charge in [0.1, 0.15) is 6.33 Å². The van der Waals surface area contributed by atoms with Gasteiger partial charge in [0.05, 0.1) is 5.69 Å². The van der Waals surface area contributed by atoms with Crippen LogP contribution in [0.15, 0.2) is 30.6 Å². The number of benzene rings is 1. The average molecular weight is 312 g/mol. The summed E-state index contributed by atoms with van der Waals surface area (Å²) in [6.07, 6.45) is 3.72. The second-order valence-corrected chi connectivity index (χ2v) is 6.35. The van der Waals surface area contributed by atoms with Gasteiger partial charge in [-0.25, -0.2) is 4.68 Å². The van der Waals surface area contributed by atoms with E-state index in [9.17, 15) is 4.79 Å². The van der Waals surface area contributed by atoms with Crippen LogP contribution in [0, 0.1) is 11.8 Å². The Morgan fingerprint density at radius 3 is 2.65 bits per heavy atom. The second-order valence-electron chi connectivity index (χ2n) is 6.35. The number of fused-ring (bicyclic) bond motifs is 1. The van der Waals surface area contributed by atoms with E-state index in [4.69, 9.17) is 0 Å². The average Bonchev–Trinajstić information content (AvgIpc) is 3.23. The number of likely N-dealkylation sites (tertiary alicyclic amines) is 1. The van der Waals surface area contributed by atoms with Gasteiger partial charge in [0.25, 0.3) is 5.91 Å². The monoisotopic (exact) mass is 312 g/mol. The summed E-state index contributed by atoms with van der Waals surface area (Å²) in [5.41, 5.74) is 1.50. The highest BCUT2D eigenvalue weighted by atomic mass is 16.2. The van der Waals surface area contributed by atoms with E-state index < -0.39 is 0 Å². The first-order valence-corrected chi connectivity index (χ1v) is 8.14. The maximum Gasteiger partial charge on any atom is 0.253 e. The van der Waals surface area contributed by atoms with Gasteiger partial charge in [-0.1, -0.05) is 6.07 Å². The molecule has 2 aliphatic heterocycles. The summed E-state index contributed by atoms with van der Waals surface area (Å²) in [6.45, 7) is 3.89. The van der Waals surface area contributed by atoms with E-state index in [1.165, 1.54) is 6.33 Å². The van der Waals surface area contributed by atoms with E-state index in [1.807, 2.05) is 29.2 Å². The minimum atomic E-state index is 0.104. The highest BCUT2D eigenvalue weighted by Gasteiger charge is 2.31. The second kappa shape index (κ2) is 6.08. The van der Waals surface area contributed by atoms with Crippen LogP contribution in [0.5, 0.6) is 0 Å². The lowest BCUT2D eigenvalue weighted by Crippen LogP contribution is -2.32. The largest absolute Gasteiger partial charge is 0.339 e. The fraction of sp³-hybridized carbons (Fsp3) is 0.500. The third kappa shape index (κ3) is 2.84. The van der Waals surface area contributed by atoms with E-state index in [-0.39, 0.29) is 5.91 Å². The highest BCUT2D eigenvalue weighted by Crippen LogP contribution is 2.27. The van der Waals surface area contributed by atoms with Crippen LogP contribution < -0.4 is 5.32 Å². The molecule has 0 radical (unpaired) electrons. The van der Waals surface area contributed by atoms with Crippen molar-refractivity contribution in [1.29, 1.82) is 0 Å². The lowest BCUT2D eigenvalue weighted by atomic mass is 9.92. The predicted octanol–water partition coefficient (Wildman–Crippen LogP) is 0.734. The third-order valence-corrected chi connectivity index (χ3v) is 5.01. The summed E-state index contributed by atoms with van der Waals surface area (Å²) in [4.78, 5) is 14.8. The lowest BCUT2D eigenvalue weighted by Gasteiger charge is -2.21. The minimum Gasteiger partial charge on any atom is -0.339 e. The quantitative estimate of drug-likeness (QED) is 0.885. The molecule has 2 fully saturated rings. The predicted molar refractivity (Wildman–Crippen MR) is 84.1 cm³/mol.